The van der Waals surface area contributed by atoms with Crippen LogP contribution >= 0.6 is 0 Å². The van der Waals surface area contributed by atoms with Crippen molar-refractivity contribution in [3.8, 4) is 0 Å². The van der Waals surface area contributed by atoms with Crippen LogP contribution in [0, 0.1) is 5.92 Å². The van der Waals surface area contributed by atoms with Crippen molar-refractivity contribution in [1.29, 1.82) is 0 Å². The molecule has 1 aliphatic carbocycles. The van der Waals surface area contributed by atoms with Gasteiger partial charge in [-0.2, -0.15) is 0 Å². The molecule has 0 bridgehead atoms. The number of nitrogens with zero attached hydrogens (tertiary/aromatic N) is 2. The second kappa shape index (κ2) is 7.59. The number of nitrogens with one attached hydrogen (secondary N) is 2. The fourth-order valence-electron chi connectivity index (χ4n) is 2.17. The molecule has 5 nitrogen and oxygen atoms in total. The van der Waals surface area contributed by atoms with Crippen molar-refractivity contribution >= 4 is 11.6 Å². The van der Waals surface area contributed by atoms with Crippen molar-refractivity contribution in [2.24, 2.45) is 5.92 Å². The van der Waals surface area contributed by atoms with Crippen LogP contribution in [0.25, 0.3) is 0 Å². The molecule has 1 fully saturated rings. The number of rotatable bonds is 9. The summed E-state index contributed by atoms with van der Waals surface area (Å²) in [6.45, 7) is 10.8. The van der Waals surface area contributed by atoms with Gasteiger partial charge < -0.3 is 15.4 Å². The zero-order valence-corrected chi connectivity index (χ0v) is 13.6. The Morgan fingerprint density at radius 1 is 1.24 bits per heavy atom. The summed E-state index contributed by atoms with van der Waals surface area (Å²) in [5.41, 5.74) is 0. The Bertz CT molecular complexity index is 446. The quantitative estimate of drug-likeness (QED) is 0.731. The van der Waals surface area contributed by atoms with Crippen LogP contribution in [-0.2, 0) is 4.74 Å². The summed E-state index contributed by atoms with van der Waals surface area (Å²) in [6, 6.07) is 2.26. The summed E-state index contributed by atoms with van der Waals surface area (Å²) in [5.74, 6) is 3.82. The third-order valence-corrected chi connectivity index (χ3v) is 3.68. The predicted octanol–water partition coefficient (Wildman–Crippen LogP) is 3.26. The van der Waals surface area contributed by atoms with Crippen molar-refractivity contribution in [1.82, 2.24) is 9.97 Å². The van der Waals surface area contributed by atoms with Crippen molar-refractivity contribution < 1.29 is 4.74 Å². The molecule has 1 unspecified atom stereocenters. The largest absolute Gasteiger partial charge is 0.380 e. The Kier molecular flexibility index (Phi) is 5.79. The topological polar surface area (TPSA) is 59.1 Å². The van der Waals surface area contributed by atoms with Gasteiger partial charge in [0.25, 0.3) is 0 Å². The minimum absolute atomic E-state index is 0.265. The molecule has 0 aromatic carbocycles. The first-order valence-electron chi connectivity index (χ1n) is 8.11. The fraction of sp³-hybridized carbons (Fsp3) is 0.750. The molecule has 0 spiro atoms. The van der Waals surface area contributed by atoms with Gasteiger partial charge in [-0.3, -0.25) is 0 Å². The van der Waals surface area contributed by atoms with E-state index in [2.05, 4.69) is 36.4 Å². The molecular formula is C16H28N4O. The first-order valence-corrected chi connectivity index (χ1v) is 8.11. The number of anilines is 2. The van der Waals surface area contributed by atoms with Crippen LogP contribution in [0.3, 0.4) is 0 Å². The van der Waals surface area contributed by atoms with Gasteiger partial charge in [-0.1, -0.05) is 13.8 Å². The molecule has 1 aliphatic rings. The fourth-order valence-corrected chi connectivity index (χ4v) is 2.17. The van der Waals surface area contributed by atoms with Gasteiger partial charge in [-0.05, 0) is 32.6 Å². The van der Waals surface area contributed by atoms with E-state index >= 15 is 0 Å². The molecule has 0 aliphatic heterocycles. The summed E-state index contributed by atoms with van der Waals surface area (Å²) < 4.78 is 5.58. The Morgan fingerprint density at radius 3 is 2.52 bits per heavy atom. The van der Waals surface area contributed by atoms with Gasteiger partial charge in [-0.25, -0.2) is 9.97 Å². The van der Waals surface area contributed by atoms with E-state index in [4.69, 9.17) is 9.72 Å². The maximum Gasteiger partial charge on any atom is 0.136 e. The molecule has 1 saturated carbocycles. The molecule has 1 aromatic rings. The highest BCUT2D eigenvalue weighted by molar-refractivity contribution is 5.48. The Hall–Kier alpha value is -1.36. The SMILES string of the molecule is CCNc1cc(NC(COCC)C(C)C)nc(C2CC2)n1. The van der Waals surface area contributed by atoms with Gasteiger partial charge in [0.1, 0.15) is 17.5 Å². The van der Waals surface area contributed by atoms with Gasteiger partial charge in [-0.15, -0.1) is 0 Å². The highest BCUT2D eigenvalue weighted by atomic mass is 16.5. The summed E-state index contributed by atoms with van der Waals surface area (Å²) in [6.07, 6.45) is 2.42. The second-order valence-electron chi connectivity index (χ2n) is 5.96. The van der Waals surface area contributed by atoms with Crippen molar-refractivity contribution in [3.63, 3.8) is 0 Å². The van der Waals surface area contributed by atoms with Gasteiger partial charge in [0.05, 0.1) is 12.6 Å². The monoisotopic (exact) mass is 292 g/mol. The van der Waals surface area contributed by atoms with Gasteiger partial charge in [0.15, 0.2) is 0 Å². The first-order chi connectivity index (χ1) is 10.1. The van der Waals surface area contributed by atoms with E-state index in [1.165, 1.54) is 12.8 Å². The number of hydrogen-bond acceptors (Lipinski definition) is 5. The molecule has 0 saturated heterocycles. The molecule has 5 heteroatoms. The predicted molar refractivity (Wildman–Crippen MR) is 86.9 cm³/mol. The van der Waals surface area contributed by atoms with Crippen LogP contribution in [0.2, 0.25) is 0 Å². The average molecular weight is 292 g/mol. The smallest absolute Gasteiger partial charge is 0.136 e. The Balaban J connectivity index is 2.12. The first kappa shape index (κ1) is 16.0. The number of ether oxygens (including phenoxy) is 1. The molecular weight excluding hydrogens is 264 g/mol. The molecule has 1 aromatic heterocycles. The lowest BCUT2D eigenvalue weighted by molar-refractivity contribution is 0.126. The summed E-state index contributed by atoms with van der Waals surface area (Å²) in [7, 11) is 0. The summed E-state index contributed by atoms with van der Waals surface area (Å²) >= 11 is 0. The van der Waals surface area contributed by atoms with Crippen LogP contribution in [0.15, 0.2) is 6.07 Å². The third kappa shape index (κ3) is 4.84. The van der Waals surface area contributed by atoms with E-state index in [1.807, 2.05) is 13.0 Å². The third-order valence-electron chi connectivity index (χ3n) is 3.68. The minimum atomic E-state index is 0.265. The molecule has 118 valence electrons. The Labute approximate surface area is 127 Å². The highest BCUT2D eigenvalue weighted by Gasteiger charge is 2.27. The lowest BCUT2D eigenvalue weighted by Gasteiger charge is -2.23. The standard InChI is InChI=1S/C16H28N4O/c1-5-17-14-9-15(20-16(19-14)12-7-8-12)18-13(11(3)4)10-21-6-2/h9,11-13H,5-8,10H2,1-4H3,(H2,17,18,19,20). The van der Waals surface area contributed by atoms with E-state index in [-0.39, 0.29) is 6.04 Å². The maximum atomic E-state index is 5.58. The van der Waals surface area contributed by atoms with Crippen molar-refractivity contribution in [2.45, 2.75) is 52.5 Å². The van der Waals surface area contributed by atoms with Crippen molar-refractivity contribution in [3.05, 3.63) is 11.9 Å². The summed E-state index contributed by atoms with van der Waals surface area (Å²) in [4.78, 5) is 9.30. The second-order valence-corrected chi connectivity index (χ2v) is 5.96. The molecule has 1 atom stereocenters. The maximum absolute atomic E-state index is 5.58. The molecule has 2 N–H and O–H groups in total. The number of hydrogen-bond donors (Lipinski definition) is 2. The van der Waals surface area contributed by atoms with E-state index in [0.29, 0.717) is 18.4 Å². The summed E-state index contributed by atoms with van der Waals surface area (Å²) in [5, 5.41) is 6.81. The average Bonchev–Trinajstić information content (AvgIpc) is 3.28. The van der Waals surface area contributed by atoms with E-state index in [9.17, 15) is 0 Å². The zero-order valence-electron chi connectivity index (χ0n) is 13.6. The lowest BCUT2D eigenvalue weighted by atomic mass is 10.1. The molecule has 0 amide bonds. The van der Waals surface area contributed by atoms with Crippen LogP contribution in [-0.4, -0.2) is 35.8 Å². The molecule has 2 rings (SSSR count). The van der Waals surface area contributed by atoms with E-state index in [0.717, 1.165) is 30.6 Å². The molecule has 21 heavy (non-hydrogen) atoms. The van der Waals surface area contributed by atoms with Gasteiger partial charge in [0.2, 0.25) is 0 Å². The van der Waals surface area contributed by atoms with Crippen LogP contribution in [0.4, 0.5) is 11.6 Å². The van der Waals surface area contributed by atoms with Gasteiger partial charge in [0, 0.05) is 25.1 Å². The van der Waals surface area contributed by atoms with E-state index in [1.54, 1.807) is 0 Å². The van der Waals surface area contributed by atoms with Crippen LogP contribution in [0.1, 0.15) is 52.3 Å². The lowest BCUT2D eigenvalue weighted by Crippen LogP contribution is -2.31. The molecule has 1 heterocycles. The van der Waals surface area contributed by atoms with Crippen LogP contribution in [0.5, 0.6) is 0 Å². The number of aromatic nitrogens is 2. The normalized spacial score (nSPS) is 16.0. The van der Waals surface area contributed by atoms with Crippen molar-refractivity contribution in [2.75, 3.05) is 30.4 Å². The Morgan fingerprint density at radius 2 is 1.95 bits per heavy atom. The highest BCUT2D eigenvalue weighted by Crippen LogP contribution is 2.38. The zero-order chi connectivity index (χ0) is 15.2. The van der Waals surface area contributed by atoms with Gasteiger partial charge >= 0.3 is 0 Å². The van der Waals surface area contributed by atoms with E-state index < -0.39 is 0 Å². The van der Waals surface area contributed by atoms with Crippen LogP contribution < -0.4 is 10.6 Å². The molecule has 0 radical (unpaired) electrons. The minimum Gasteiger partial charge on any atom is -0.380 e.